The Hall–Kier alpha value is -2.55. The molecule has 3 heteroatoms. The highest BCUT2D eigenvalue weighted by atomic mass is 15.1. The Morgan fingerprint density at radius 2 is 1.74 bits per heavy atom. The van der Waals surface area contributed by atoms with Crippen molar-refractivity contribution < 1.29 is 0 Å². The fraction of sp³-hybridized carbons (Fsp3) is 0.0625. The molecule has 0 saturated carbocycles. The average molecular weight is 249 g/mol. The Labute approximate surface area is 112 Å². The first-order chi connectivity index (χ1) is 9.25. The average Bonchev–Trinajstić information content (AvgIpc) is 2.85. The smallest absolute Gasteiger partial charge is 0.205 e. The molecule has 0 fully saturated rings. The summed E-state index contributed by atoms with van der Waals surface area (Å²) >= 11 is 0. The van der Waals surface area contributed by atoms with Crippen LogP contribution in [-0.2, 0) is 0 Å². The van der Waals surface area contributed by atoms with Gasteiger partial charge in [-0.3, -0.25) is 4.57 Å². The van der Waals surface area contributed by atoms with Crippen molar-refractivity contribution in [2.24, 2.45) is 10.7 Å². The van der Waals surface area contributed by atoms with Gasteiger partial charge in [-0.15, -0.1) is 0 Å². The van der Waals surface area contributed by atoms with Crippen molar-refractivity contribution in [2.45, 2.75) is 6.92 Å². The fourth-order valence-electron chi connectivity index (χ4n) is 2.15. The minimum absolute atomic E-state index is 0.482. The molecular weight excluding hydrogens is 234 g/mol. The number of hydrogen-bond donors (Lipinski definition) is 1. The third-order valence-electron chi connectivity index (χ3n) is 3.20. The van der Waals surface area contributed by atoms with E-state index in [1.165, 1.54) is 0 Å². The van der Waals surface area contributed by atoms with Crippen LogP contribution in [0.25, 0.3) is 10.9 Å². The van der Waals surface area contributed by atoms with Gasteiger partial charge in [0.25, 0.3) is 0 Å². The van der Waals surface area contributed by atoms with E-state index in [0.29, 0.717) is 5.96 Å². The zero-order valence-electron chi connectivity index (χ0n) is 10.7. The monoisotopic (exact) mass is 249 g/mol. The van der Waals surface area contributed by atoms with E-state index in [1.807, 2.05) is 66.2 Å². The molecule has 0 unspecified atom stereocenters. The van der Waals surface area contributed by atoms with Crippen molar-refractivity contribution >= 4 is 22.5 Å². The number of fused-ring (bicyclic) bond motifs is 1. The van der Waals surface area contributed by atoms with Crippen molar-refractivity contribution in [3.63, 3.8) is 0 Å². The molecule has 0 spiro atoms. The summed E-state index contributed by atoms with van der Waals surface area (Å²) in [5.74, 6) is 0.482. The van der Waals surface area contributed by atoms with Gasteiger partial charge in [0.1, 0.15) is 0 Å². The van der Waals surface area contributed by atoms with E-state index in [1.54, 1.807) is 0 Å². The van der Waals surface area contributed by atoms with Crippen molar-refractivity contribution in [3.05, 3.63) is 66.4 Å². The van der Waals surface area contributed by atoms with Crippen LogP contribution < -0.4 is 5.73 Å². The van der Waals surface area contributed by atoms with Gasteiger partial charge in [0, 0.05) is 11.6 Å². The first-order valence-corrected chi connectivity index (χ1v) is 6.22. The highest BCUT2D eigenvalue weighted by Gasteiger charge is 2.04. The summed E-state index contributed by atoms with van der Waals surface area (Å²) in [5, 5.41) is 1.16. The number of aromatic nitrogens is 1. The van der Waals surface area contributed by atoms with Crippen LogP contribution in [0.4, 0.5) is 5.69 Å². The van der Waals surface area contributed by atoms with Crippen molar-refractivity contribution in [1.29, 1.82) is 0 Å². The second-order valence-corrected chi connectivity index (χ2v) is 4.50. The van der Waals surface area contributed by atoms with Crippen LogP contribution in [0.3, 0.4) is 0 Å². The van der Waals surface area contributed by atoms with Gasteiger partial charge in [-0.1, -0.05) is 36.4 Å². The molecule has 19 heavy (non-hydrogen) atoms. The maximum absolute atomic E-state index is 6.12. The molecular formula is C16H15N3. The lowest BCUT2D eigenvalue weighted by atomic mass is 10.2. The van der Waals surface area contributed by atoms with Crippen LogP contribution in [0.1, 0.15) is 5.56 Å². The predicted octanol–water partition coefficient (Wildman–Crippen LogP) is 3.44. The molecule has 3 rings (SSSR count). The lowest BCUT2D eigenvalue weighted by Crippen LogP contribution is -2.20. The van der Waals surface area contributed by atoms with E-state index in [-0.39, 0.29) is 0 Å². The molecule has 0 saturated heterocycles. The Morgan fingerprint density at radius 1 is 1.00 bits per heavy atom. The molecule has 2 aromatic carbocycles. The summed E-state index contributed by atoms with van der Waals surface area (Å²) in [6.07, 6.45) is 1.95. The van der Waals surface area contributed by atoms with Gasteiger partial charge in [-0.2, -0.15) is 0 Å². The van der Waals surface area contributed by atoms with Crippen LogP contribution >= 0.6 is 0 Å². The Kier molecular flexibility index (Phi) is 2.80. The van der Waals surface area contributed by atoms with Gasteiger partial charge in [0.15, 0.2) is 0 Å². The Morgan fingerprint density at radius 3 is 2.58 bits per heavy atom. The summed E-state index contributed by atoms with van der Waals surface area (Å²) < 4.78 is 1.90. The number of aliphatic imine (C=N–C) groups is 1. The number of nitrogens with two attached hydrogens (primary N) is 1. The molecule has 0 amide bonds. The Balaban J connectivity index is 2.09. The maximum atomic E-state index is 6.12. The molecule has 94 valence electrons. The lowest BCUT2D eigenvalue weighted by Gasteiger charge is -2.05. The van der Waals surface area contributed by atoms with E-state index in [4.69, 9.17) is 5.73 Å². The molecule has 1 heterocycles. The summed E-state index contributed by atoms with van der Waals surface area (Å²) in [7, 11) is 0. The largest absolute Gasteiger partial charge is 0.369 e. The van der Waals surface area contributed by atoms with Crippen LogP contribution in [-0.4, -0.2) is 10.5 Å². The van der Waals surface area contributed by atoms with Gasteiger partial charge in [0.05, 0.1) is 11.2 Å². The quantitative estimate of drug-likeness (QED) is 0.521. The second kappa shape index (κ2) is 4.61. The normalized spacial score (nSPS) is 11.9. The van der Waals surface area contributed by atoms with Gasteiger partial charge in [-0.05, 0) is 30.7 Å². The zero-order chi connectivity index (χ0) is 13.2. The van der Waals surface area contributed by atoms with E-state index in [9.17, 15) is 0 Å². The summed E-state index contributed by atoms with van der Waals surface area (Å²) in [4.78, 5) is 4.51. The van der Waals surface area contributed by atoms with Crippen molar-refractivity contribution in [1.82, 2.24) is 4.57 Å². The number of benzene rings is 2. The zero-order valence-corrected chi connectivity index (χ0v) is 10.7. The number of aryl methyl sites for hydroxylation is 1. The van der Waals surface area contributed by atoms with Crippen molar-refractivity contribution in [2.75, 3.05) is 0 Å². The molecule has 0 aliphatic rings. The Bertz CT molecular complexity index is 753. The highest BCUT2D eigenvalue weighted by Crippen LogP contribution is 2.19. The second-order valence-electron chi connectivity index (χ2n) is 4.50. The third-order valence-corrected chi connectivity index (χ3v) is 3.20. The van der Waals surface area contributed by atoms with Crippen LogP contribution in [0.15, 0.2) is 65.8 Å². The van der Waals surface area contributed by atoms with Gasteiger partial charge < -0.3 is 5.73 Å². The highest BCUT2D eigenvalue weighted by molar-refractivity contribution is 5.94. The summed E-state index contributed by atoms with van der Waals surface area (Å²) in [5.41, 5.74) is 9.20. The standard InChI is InChI=1S/C16H15N3/c1-12-6-2-4-8-14(12)18-16(17)19-11-10-13-7-3-5-9-15(13)19/h2-11H,1H3,(H2,17,18). The number of hydrogen-bond acceptors (Lipinski definition) is 1. The van der Waals surface area contributed by atoms with Crippen LogP contribution in [0, 0.1) is 6.92 Å². The first-order valence-electron chi connectivity index (χ1n) is 6.22. The molecule has 3 aromatic rings. The van der Waals surface area contributed by atoms with E-state index in [0.717, 1.165) is 22.2 Å². The predicted molar refractivity (Wildman–Crippen MR) is 79.8 cm³/mol. The third kappa shape index (κ3) is 2.10. The minimum Gasteiger partial charge on any atom is -0.369 e. The van der Waals surface area contributed by atoms with E-state index in [2.05, 4.69) is 11.1 Å². The summed E-state index contributed by atoms with van der Waals surface area (Å²) in [6.45, 7) is 2.03. The maximum Gasteiger partial charge on any atom is 0.205 e. The molecule has 0 radical (unpaired) electrons. The molecule has 0 atom stereocenters. The molecule has 0 bridgehead atoms. The molecule has 0 aliphatic carbocycles. The molecule has 2 N–H and O–H groups in total. The minimum atomic E-state index is 0.482. The molecule has 1 aromatic heterocycles. The van der Waals surface area contributed by atoms with Gasteiger partial charge >= 0.3 is 0 Å². The molecule has 0 aliphatic heterocycles. The fourth-order valence-corrected chi connectivity index (χ4v) is 2.15. The van der Waals surface area contributed by atoms with Crippen LogP contribution in [0.5, 0.6) is 0 Å². The lowest BCUT2D eigenvalue weighted by molar-refractivity contribution is 1.17. The van der Waals surface area contributed by atoms with Gasteiger partial charge in [0.2, 0.25) is 5.96 Å². The topological polar surface area (TPSA) is 43.3 Å². The molecule has 3 nitrogen and oxygen atoms in total. The number of para-hydroxylation sites is 2. The first kappa shape index (κ1) is 11.5. The summed E-state index contributed by atoms with van der Waals surface area (Å²) in [6, 6.07) is 18.1. The van der Waals surface area contributed by atoms with E-state index < -0.39 is 0 Å². The van der Waals surface area contributed by atoms with Gasteiger partial charge in [-0.25, -0.2) is 4.99 Å². The van der Waals surface area contributed by atoms with E-state index >= 15 is 0 Å². The SMILES string of the molecule is Cc1ccccc1N=C(N)n1ccc2ccccc21. The number of rotatable bonds is 1. The number of nitrogens with zero attached hydrogens (tertiary/aromatic N) is 2. The van der Waals surface area contributed by atoms with Crippen LogP contribution in [0.2, 0.25) is 0 Å². The van der Waals surface area contributed by atoms with Crippen molar-refractivity contribution in [3.8, 4) is 0 Å².